The number of thiophene rings is 2. The molecule has 0 unspecified atom stereocenters. The van der Waals surface area contributed by atoms with E-state index in [2.05, 4.69) is 194 Å². The molecule has 268 valence electrons. The highest BCUT2D eigenvalue weighted by Gasteiger charge is 2.21. The van der Waals surface area contributed by atoms with Gasteiger partial charge in [0.05, 0.1) is 0 Å². The predicted octanol–water partition coefficient (Wildman–Crippen LogP) is 16.6. The Bertz CT molecular complexity index is 3550. The van der Waals surface area contributed by atoms with E-state index in [-0.39, 0.29) is 0 Å². The lowest BCUT2D eigenvalue weighted by molar-refractivity contribution is 0.669. The van der Waals surface area contributed by atoms with Crippen molar-refractivity contribution in [1.82, 2.24) is 0 Å². The van der Waals surface area contributed by atoms with E-state index < -0.39 is 0 Å². The molecule has 0 radical (unpaired) electrons. The van der Waals surface area contributed by atoms with Gasteiger partial charge in [-0.1, -0.05) is 109 Å². The predicted molar refractivity (Wildman–Crippen MR) is 247 cm³/mol. The molecule has 0 atom stereocenters. The first-order valence-electron chi connectivity index (χ1n) is 19.3. The maximum atomic E-state index is 6.64. The second kappa shape index (κ2) is 12.7. The van der Waals surface area contributed by atoms with Crippen molar-refractivity contribution < 1.29 is 4.42 Å². The Morgan fingerprint density at radius 3 is 1.75 bits per heavy atom. The average molecular weight is 764 g/mol. The first kappa shape index (κ1) is 32.5. The average Bonchev–Trinajstić information content (AvgIpc) is 3.95. The lowest BCUT2D eigenvalue weighted by atomic mass is 9.92. The van der Waals surface area contributed by atoms with Crippen LogP contribution >= 0.6 is 22.7 Å². The van der Waals surface area contributed by atoms with Crippen molar-refractivity contribution in [2.45, 2.75) is 6.92 Å². The third-order valence-electron chi connectivity index (χ3n) is 11.6. The van der Waals surface area contributed by atoms with E-state index >= 15 is 0 Å². The zero-order valence-electron chi connectivity index (χ0n) is 31.0. The number of fused-ring (bicyclic) bond motifs is 11. The molecule has 2 nitrogen and oxygen atoms in total. The van der Waals surface area contributed by atoms with Crippen molar-refractivity contribution in [2.24, 2.45) is 0 Å². The minimum Gasteiger partial charge on any atom is -0.456 e. The number of para-hydroxylation sites is 1. The van der Waals surface area contributed by atoms with E-state index in [0.29, 0.717) is 0 Å². The molecule has 3 aromatic heterocycles. The molecule has 0 saturated carbocycles. The van der Waals surface area contributed by atoms with Crippen molar-refractivity contribution in [3.8, 4) is 22.3 Å². The summed E-state index contributed by atoms with van der Waals surface area (Å²) in [5, 5.41) is 10.1. The highest BCUT2D eigenvalue weighted by Crippen LogP contribution is 2.47. The second-order valence-electron chi connectivity index (χ2n) is 14.8. The van der Waals surface area contributed by atoms with Crippen LogP contribution in [0.4, 0.5) is 17.1 Å². The number of hydrogen-bond donors (Lipinski definition) is 0. The zero-order valence-corrected chi connectivity index (χ0v) is 32.6. The first-order valence-corrected chi connectivity index (χ1v) is 21.0. The van der Waals surface area contributed by atoms with Gasteiger partial charge in [-0.2, -0.15) is 0 Å². The highest BCUT2D eigenvalue weighted by molar-refractivity contribution is 7.26. The SMILES string of the molecule is Cc1cc(N(c2ccccc2)c2ccc3oc4cccc(-c5cc6sc7ccccc7c6c6ccccc56)c4c3c2)ccc1-c1cccc2sc3ccccc3c12. The lowest BCUT2D eigenvalue weighted by Crippen LogP contribution is -2.10. The third-order valence-corrected chi connectivity index (χ3v) is 13.8. The molecule has 57 heavy (non-hydrogen) atoms. The van der Waals surface area contributed by atoms with Crippen molar-refractivity contribution >= 4 is 113 Å². The number of anilines is 3. The molecule has 12 aromatic rings. The van der Waals surface area contributed by atoms with Crippen LogP contribution in [0, 0.1) is 6.92 Å². The molecule has 4 heteroatoms. The summed E-state index contributed by atoms with van der Waals surface area (Å²) in [6, 6.07) is 66.3. The summed E-state index contributed by atoms with van der Waals surface area (Å²) in [4.78, 5) is 2.37. The Morgan fingerprint density at radius 1 is 0.351 bits per heavy atom. The maximum Gasteiger partial charge on any atom is 0.136 e. The minimum atomic E-state index is 0.879. The number of nitrogens with zero attached hydrogens (tertiary/aromatic N) is 1. The van der Waals surface area contributed by atoms with Crippen LogP contribution in [0.5, 0.6) is 0 Å². The second-order valence-corrected chi connectivity index (χ2v) is 17.0. The van der Waals surface area contributed by atoms with E-state index in [1.807, 2.05) is 22.7 Å². The lowest BCUT2D eigenvalue weighted by Gasteiger charge is -2.26. The van der Waals surface area contributed by atoms with Crippen LogP contribution < -0.4 is 4.90 Å². The fourth-order valence-electron chi connectivity index (χ4n) is 9.10. The van der Waals surface area contributed by atoms with Crippen LogP contribution in [0.1, 0.15) is 5.56 Å². The van der Waals surface area contributed by atoms with Crippen LogP contribution in [-0.4, -0.2) is 0 Å². The molecular weight excluding hydrogens is 731 g/mol. The van der Waals surface area contributed by atoms with Crippen molar-refractivity contribution in [3.05, 3.63) is 188 Å². The number of benzene rings is 9. The smallest absolute Gasteiger partial charge is 0.136 e. The third kappa shape index (κ3) is 5.01. The molecule has 0 aliphatic heterocycles. The molecule has 9 aromatic carbocycles. The van der Waals surface area contributed by atoms with Gasteiger partial charge in [0.2, 0.25) is 0 Å². The normalized spacial score (nSPS) is 11.9. The molecule has 3 heterocycles. The molecule has 0 amide bonds. The van der Waals surface area contributed by atoms with Crippen LogP contribution in [0.3, 0.4) is 0 Å². The van der Waals surface area contributed by atoms with Crippen LogP contribution in [-0.2, 0) is 0 Å². The van der Waals surface area contributed by atoms with E-state index in [4.69, 9.17) is 4.42 Å². The van der Waals surface area contributed by atoms with Gasteiger partial charge in [-0.05, 0) is 118 Å². The van der Waals surface area contributed by atoms with E-state index in [1.165, 1.54) is 78.9 Å². The molecule has 0 bridgehead atoms. The molecule has 0 saturated heterocycles. The molecule has 0 spiro atoms. The van der Waals surface area contributed by atoms with Gasteiger partial charge < -0.3 is 9.32 Å². The monoisotopic (exact) mass is 763 g/mol. The van der Waals surface area contributed by atoms with Gasteiger partial charge in [0.1, 0.15) is 11.2 Å². The van der Waals surface area contributed by atoms with Gasteiger partial charge in [0.25, 0.3) is 0 Å². The summed E-state index contributed by atoms with van der Waals surface area (Å²) in [5.41, 5.74) is 11.2. The molecule has 12 rings (SSSR count). The number of hydrogen-bond acceptors (Lipinski definition) is 4. The van der Waals surface area contributed by atoms with Crippen LogP contribution in [0.15, 0.2) is 186 Å². The summed E-state index contributed by atoms with van der Waals surface area (Å²) < 4.78 is 11.9. The topological polar surface area (TPSA) is 16.4 Å². The summed E-state index contributed by atoms with van der Waals surface area (Å²) >= 11 is 3.74. The Hall–Kier alpha value is -6.72. The molecular formula is C53H33NOS2. The summed E-state index contributed by atoms with van der Waals surface area (Å²) in [5.74, 6) is 0. The van der Waals surface area contributed by atoms with Crippen molar-refractivity contribution in [2.75, 3.05) is 4.90 Å². The fraction of sp³-hybridized carbons (Fsp3) is 0.0189. The first-order chi connectivity index (χ1) is 28.2. The Balaban J connectivity index is 1.05. The minimum absolute atomic E-state index is 0.879. The standard InChI is InChI=1S/C53H33NOS2/c1-32-29-34(25-27-36(32)38-20-12-24-49-52(38)41-17-7-9-22-47(41)56-49)54(33-13-3-2-4-14-33)35-26-28-45-44(30-35)51-40(19-11-21-46(51)55-45)43-31-50-53(39-16-6-5-15-37(39)43)42-18-8-10-23-48(42)57-50/h2-31H,1H3. The van der Waals surface area contributed by atoms with Crippen molar-refractivity contribution in [3.63, 3.8) is 0 Å². The highest BCUT2D eigenvalue weighted by atomic mass is 32.1. The zero-order chi connectivity index (χ0) is 37.6. The van der Waals surface area contributed by atoms with Crippen LogP contribution in [0.25, 0.3) is 95.3 Å². The van der Waals surface area contributed by atoms with E-state index in [1.54, 1.807) is 0 Å². The van der Waals surface area contributed by atoms with Crippen LogP contribution in [0.2, 0.25) is 0 Å². The summed E-state index contributed by atoms with van der Waals surface area (Å²) in [6.07, 6.45) is 0. The quantitative estimate of drug-likeness (QED) is 0.174. The van der Waals surface area contributed by atoms with Gasteiger partial charge in [0.15, 0.2) is 0 Å². The Morgan fingerprint density at radius 2 is 0.965 bits per heavy atom. The Kier molecular flexibility index (Phi) is 7.22. The fourth-order valence-corrected chi connectivity index (χ4v) is 11.4. The molecule has 0 aliphatic carbocycles. The largest absolute Gasteiger partial charge is 0.456 e. The van der Waals surface area contributed by atoms with E-state index in [9.17, 15) is 0 Å². The number of aryl methyl sites for hydroxylation is 1. The van der Waals surface area contributed by atoms with Gasteiger partial charge in [-0.3, -0.25) is 0 Å². The van der Waals surface area contributed by atoms with Gasteiger partial charge in [0, 0.05) is 68.2 Å². The van der Waals surface area contributed by atoms with Crippen molar-refractivity contribution in [1.29, 1.82) is 0 Å². The van der Waals surface area contributed by atoms with Gasteiger partial charge in [-0.15, -0.1) is 22.7 Å². The molecule has 0 N–H and O–H groups in total. The summed E-state index contributed by atoms with van der Waals surface area (Å²) in [6.45, 7) is 2.24. The van der Waals surface area contributed by atoms with E-state index in [0.717, 1.165) is 39.0 Å². The number of furan rings is 1. The molecule has 0 fully saturated rings. The Labute approximate surface area is 337 Å². The maximum absolute atomic E-state index is 6.64. The van der Waals surface area contributed by atoms with Gasteiger partial charge in [-0.25, -0.2) is 0 Å². The molecule has 0 aliphatic rings. The summed E-state index contributed by atoms with van der Waals surface area (Å²) in [7, 11) is 0. The van der Waals surface area contributed by atoms with Gasteiger partial charge >= 0.3 is 0 Å². The number of rotatable bonds is 5.